The van der Waals surface area contributed by atoms with Gasteiger partial charge in [-0.1, -0.05) is 46.9 Å². The molecule has 0 spiro atoms. The van der Waals surface area contributed by atoms with Crippen LogP contribution in [0.3, 0.4) is 0 Å². The van der Waals surface area contributed by atoms with E-state index in [4.69, 9.17) is 34.8 Å². The molecule has 0 aliphatic heterocycles. The molecule has 0 fully saturated rings. The second-order valence-corrected chi connectivity index (χ2v) is 6.09. The minimum Gasteiger partial charge on any atom is -0.267 e. The maximum atomic E-state index is 12.0. The lowest BCUT2D eigenvalue weighted by molar-refractivity contribution is 0.0955. The van der Waals surface area contributed by atoms with E-state index in [1.807, 2.05) is 0 Å². The number of hydrazone groups is 1. The summed E-state index contributed by atoms with van der Waals surface area (Å²) in [7, 11) is 0. The summed E-state index contributed by atoms with van der Waals surface area (Å²) in [5, 5.41) is 5.96. The molecule has 7 heteroatoms. The molecule has 1 amide bonds. The number of aromatic nitrogens is 1. The molecule has 0 bridgehead atoms. The highest BCUT2D eigenvalue weighted by molar-refractivity contribution is 6.34. The van der Waals surface area contributed by atoms with Gasteiger partial charge in [0.1, 0.15) is 5.15 Å². The number of nitrogens with zero attached hydrogens (tertiary/aromatic N) is 2. The molecule has 0 saturated carbocycles. The van der Waals surface area contributed by atoms with Crippen molar-refractivity contribution in [2.24, 2.45) is 5.10 Å². The van der Waals surface area contributed by atoms with Crippen molar-refractivity contribution in [3.05, 3.63) is 74.9 Å². The van der Waals surface area contributed by atoms with Crippen LogP contribution in [0.15, 0.2) is 53.6 Å². The van der Waals surface area contributed by atoms with Crippen molar-refractivity contribution < 1.29 is 4.79 Å². The first-order chi connectivity index (χ1) is 11.5. The van der Waals surface area contributed by atoms with Crippen LogP contribution in [0.1, 0.15) is 15.9 Å². The molecule has 0 atom stereocenters. The van der Waals surface area contributed by atoms with Gasteiger partial charge in [-0.25, -0.2) is 10.4 Å². The molecule has 4 nitrogen and oxygen atoms in total. The van der Waals surface area contributed by atoms with Crippen molar-refractivity contribution in [3.63, 3.8) is 0 Å². The van der Waals surface area contributed by atoms with E-state index in [9.17, 15) is 4.79 Å². The summed E-state index contributed by atoms with van der Waals surface area (Å²) < 4.78 is 0. The number of rotatable bonds is 3. The Kier molecular flexibility index (Phi) is 5.00. The molecule has 0 aliphatic rings. The first-order valence-corrected chi connectivity index (χ1v) is 8.02. The fourth-order valence-corrected chi connectivity index (χ4v) is 2.69. The Morgan fingerprint density at radius 1 is 1.08 bits per heavy atom. The summed E-state index contributed by atoms with van der Waals surface area (Å²) in [6, 6.07) is 13.8. The summed E-state index contributed by atoms with van der Waals surface area (Å²) in [4.78, 5) is 16.3. The van der Waals surface area contributed by atoms with E-state index in [1.54, 1.807) is 48.5 Å². The molecule has 0 saturated heterocycles. The van der Waals surface area contributed by atoms with Gasteiger partial charge in [0.15, 0.2) is 0 Å². The minimum absolute atomic E-state index is 0.278. The van der Waals surface area contributed by atoms with Gasteiger partial charge in [-0.2, -0.15) is 5.10 Å². The lowest BCUT2D eigenvalue weighted by Crippen LogP contribution is -2.18. The van der Waals surface area contributed by atoms with E-state index < -0.39 is 5.91 Å². The van der Waals surface area contributed by atoms with E-state index in [2.05, 4.69) is 15.5 Å². The normalized spacial score (nSPS) is 11.1. The topological polar surface area (TPSA) is 54.4 Å². The van der Waals surface area contributed by atoms with Crippen molar-refractivity contribution in [1.29, 1.82) is 0 Å². The number of nitrogens with one attached hydrogen (secondary N) is 1. The zero-order valence-corrected chi connectivity index (χ0v) is 14.4. The molecule has 24 heavy (non-hydrogen) atoms. The smallest absolute Gasteiger partial charge is 0.267 e. The van der Waals surface area contributed by atoms with Gasteiger partial charge in [-0.3, -0.25) is 4.79 Å². The van der Waals surface area contributed by atoms with E-state index in [1.165, 1.54) is 6.21 Å². The monoisotopic (exact) mass is 377 g/mol. The highest BCUT2D eigenvalue weighted by Gasteiger charge is 2.08. The van der Waals surface area contributed by atoms with Crippen LogP contribution in [-0.4, -0.2) is 17.1 Å². The number of carbonyl (C=O) groups excluding carboxylic acids is 1. The number of fused-ring (bicyclic) bond motifs is 1. The van der Waals surface area contributed by atoms with Gasteiger partial charge in [0.2, 0.25) is 0 Å². The summed E-state index contributed by atoms with van der Waals surface area (Å²) in [5.41, 5.74) is 4.03. The number of amides is 1. The Balaban J connectivity index is 1.81. The summed E-state index contributed by atoms with van der Waals surface area (Å²) in [6.45, 7) is 0. The minimum atomic E-state index is -0.412. The summed E-state index contributed by atoms with van der Waals surface area (Å²) in [5.74, 6) is -0.412. The highest BCUT2D eigenvalue weighted by atomic mass is 35.5. The molecule has 0 aliphatic carbocycles. The van der Waals surface area contributed by atoms with Gasteiger partial charge < -0.3 is 0 Å². The fourth-order valence-electron chi connectivity index (χ4n) is 2.10. The largest absolute Gasteiger partial charge is 0.272 e. The predicted octanol–water partition coefficient (Wildman–Crippen LogP) is 4.96. The molecule has 1 heterocycles. The number of halogens is 3. The lowest BCUT2D eigenvalue weighted by Gasteiger charge is -2.03. The standard InChI is InChI=1S/C17H10Cl3N3O/c18-12-5-6-15-10(8-12)7-11(16(20)22-15)9-21-23-17(24)13-3-1-2-4-14(13)19/h1-9H,(H,23,24)/b21-9-. The molecule has 1 N–H and O–H groups in total. The molecule has 2 aromatic carbocycles. The molecular formula is C17H10Cl3N3O. The Labute approximate surface area is 153 Å². The lowest BCUT2D eigenvalue weighted by atomic mass is 10.2. The second kappa shape index (κ2) is 7.18. The SMILES string of the molecule is O=C(N/N=C\c1cc2cc(Cl)ccc2nc1Cl)c1ccccc1Cl. The quantitative estimate of drug-likeness (QED) is 0.398. The third-order valence-electron chi connectivity index (χ3n) is 3.25. The van der Waals surface area contributed by atoms with Gasteiger partial charge in [-0.05, 0) is 36.4 Å². The van der Waals surface area contributed by atoms with Crippen molar-refractivity contribution >= 4 is 57.8 Å². The average molecular weight is 379 g/mol. The number of carbonyl (C=O) groups is 1. The van der Waals surface area contributed by atoms with Crippen LogP contribution in [0.4, 0.5) is 0 Å². The fraction of sp³-hybridized carbons (Fsp3) is 0. The van der Waals surface area contributed by atoms with Crippen LogP contribution in [0.2, 0.25) is 15.2 Å². The van der Waals surface area contributed by atoms with Crippen molar-refractivity contribution in [2.45, 2.75) is 0 Å². The van der Waals surface area contributed by atoms with Crippen LogP contribution in [-0.2, 0) is 0 Å². The van der Waals surface area contributed by atoms with Crippen LogP contribution in [0.5, 0.6) is 0 Å². The van der Waals surface area contributed by atoms with Gasteiger partial charge in [0.25, 0.3) is 5.91 Å². The van der Waals surface area contributed by atoms with Gasteiger partial charge in [-0.15, -0.1) is 0 Å². The second-order valence-electron chi connectivity index (χ2n) is 4.88. The van der Waals surface area contributed by atoms with Gasteiger partial charge >= 0.3 is 0 Å². The average Bonchev–Trinajstić information content (AvgIpc) is 2.56. The molecule has 1 aromatic heterocycles. The highest BCUT2D eigenvalue weighted by Crippen LogP contribution is 2.22. The zero-order valence-electron chi connectivity index (χ0n) is 12.1. The predicted molar refractivity (Wildman–Crippen MR) is 98.3 cm³/mol. The Bertz CT molecular complexity index is 957. The molecule has 3 aromatic rings. The molecule has 120 valence electrons. The van der Waals surface area contributed by atoms with Crippen LogP contribution in [0, 0.1) is 0 Å². The van der Waals surface area contributed by atoms with Crippen molar-refractivity contribution in [3.8, 4) is 0 Å². The first kappa shape index (κ1) is 16.7. The van der Waals surface area contributed by atoms with Crippen LogP contribution >= 0.6 is 34.8 Å². The number of pyridine rings is 1. The molecular weight excluding hydrogens is 369 g/mol. The van der Waals surface area contributed by atoms with Gasteiger partial charge in [0.05, 0.1) is 22.3 Å². The van der Waals surface area contributed by atoms with Crippen LogP contribution < -0.4 is 5.43 Å². The third-order valence-corrected chi connectivity index (χ3v) is 4.11. The van der Waals surface area contributed by atoms with Gasteiger partial charge in [0, 0.05) is 16.0 Å². The van der Waals surface area contributed by atoms with E-state index in [-0.39, 0.29) is 5.15 Å². The first-order valence-electron chi connectivity index (χ1n) is 6.88. The Morgan fingerprint density at radius 3 is 2.67 bits per heavy atom. The van der Waals surface area contributed by atoms with E-state index in [0.717, 1.165) is 10.9 Å². The number of benzene rings is 2. The van der Waals surface area contributed by atoms with Crippen molar-refractivity contribution in [2.75, 3.05) is 0 Å². The van der Waals surface area contributed by atoms with Crippen LogP contribution in [0.25, 0.3) is 10.9 Å². The summed E-state index contributed by atoms with van der Waals surface area (Å²) >= 11 is 18.1. The van der Waals surface area contributed by atoms with E-state index in [0.29, 0.717) is 21.2 Å². The number of hydrogen-bond donors (Lipinski definition) is 1. The Hall–Kier alpha value is -2.14. The van der Waals surface area contributed by atoms with E-state index >= 15 is 0 Å². The number of hydrogen-bond acceptors (Lipinski definition) is 3. The van der Waals surface area contributed by atoms with Crippen molar-refractivity contribution in [1.82, 2.24) is 10.4 Å². The molecule has 0 radical (unpaired) electrons. The maximum absolute atomic E-state index is 12.0. The molecule has 3 rings (SSSR count). The molecule has 0 unspecified atom stereocenters. The Morgan fingerprint density at radius 2 is 1.88 bits per heavy atom. The third kappa shape index (κ3) is 3.67. The maximum Gasteiger partial charge on any atom is 0.272 e. The summed E-state index contributed by atoms with van der Waals surface area (Å²) in [6.07, 6.45) is 1.42. The zero-order chi connectivity index (χ0) is 17.1.